The van der Waals surface area contributed by atoms with Crippen LogP contribution in [0, 0.1) is 51.8 Å². The van der Waals surface area contributed by atoms with Crippen molar-refractivity contribution in [1.29, 1.82) is 0 Å². The molecule has 1 N–H and O–H groups in total. The molecule has 1 saturated heterocycles. The lowest BCUT2D eigenvalue weighted by atomic mass is 9.37. The molecule has 1 aromatic rings. The highest BCUT2D eigenvalue weighted by Gasteiger charge is 2.65. The predicted molar refractivity (Wildman–Crippen MR) is 201 cm³/mol. The summed E-state index contributed by atoms with van der Waals surface area (Å²) in [6.45, 7) is 16.7. The zero-order chi connectivity index (χ0) is 33.0. The number of nitrogens with one attached hydrogen (secondary N) is 1. The molecular weight excluding hydrogens is 607 g/mol. The Morgan fingerprint density at radius 1 is 0.896 bits per heavy atom. The quantitative estimate of drug-likeness (QED) is 0.298. The van der Waals surface area contributed by atoms with Gasteiger partial charge in [-0.25, -0.2) is 4.98 Å². The second-order valence-electron chi connectivity index (χ2n) is 18.5. The van der Waals surface area contributed by atoms with Crippen molar-refractivity contribution < 1.29 is 4.74 Å². The number of nitrogens with zero attached hydrogens (tertiary/aromatic N) is 2. The first-order chi connectivity index (χ1) is 23.2. The molecule has 0 spiro atoms. The van der Waals surface area contributed by atoms with Gasteiger partial charge >= 0.3 is 0 Å². The fraction of sp³-hybridized carbons (Fsp3) is 0.791. The predicted octanol–water partition coefficient (Wildman–Crippen LogP) is 9.58. The Bertz CT molecular complexity index is 1350. The summed E-state index contributed by atoms with van der Waals surface area (Å²) < 4.78 is 6.06. The van der Waals surface area contributed by atoms with E-state index in [2.05, 4.69) is 66.8 Å². The van der Waals surface area contributed by atoms with E-state index in [0.717, 1.165) is 48.5 Å². The van der Waals surface area contributed by atoms with E-state index in [4.69, 9.17) is 4.74 Å². The maximum Gasteiger partial charge on any atom is 0.213 e. The van der Waals surface area contributed by atoms with Gasteiger partial charge in [0, 0.05) is 55.5 Å². The second-order valence-corrected chi connectivity index (χ2v) is 19.7. The van der Waals surface area contributed by atoms with Crippen molar-refractivity contribution in [2.45, 2.75) is 117 Å². The van der Waals surface area contributed by atoms with Gasteiger partial charge in [-0.1, -0.05) is 52.3 Å². The number of thioether (sulfide) groups is 1. The van der Waals surface area contributed by atoms with Crippen LogP contribution in [0.1, 0.15) is 111 Å². The molecule has 2 heterocycles. The molecule has 4 nitrogen and oxygen atoms in total. The van der Waals surface area contributed by atoms with Crippen molar-refractivity contribution in [1.82, 2.24) is 15.2 Å². The topological polar surface area (TPSA) is 37.4 Å². The number of aromatic nitrogens is 1. The van der Waals surface area contributed by atoms with Crippen molar-refractivity contribution in [2.24, 2.45) is 51.8 Å². The van der Waals surface area contributed by atoms with E-state index in [0.29, 0.717) is 22.3 Å². The molecule has 4 saturated carbocycles. The number of fused-ring (bicyclic) bond motifs is 7. The third kappa shape index (κ3) is 5.86. The molecule has 0 radical (unpaired) electrons. The van der Waals surface area contributed by atoms with E-state index in [1.807, 2.05) is 24.4 Å². The largest absolute Gasteiger partial charge is 0.477 e. The van der Waals surface area contributed by atoms with Gasteiger partial charge in [-0.15, -0.1) is 0 Å². The third-order valence-electron chi connectivity index (χ3n) is 16.1. The minimum atomic E-state index is 0.248. The standard InChI is InChI=1S/C43H65N3OS/c1-40(2)34(32-12-10-31(11-13-32)30-47-39-9-5-6-23-44-39)16-20-42(4)37(40)18-21-41(3)35-17-22-43(45-24-25-46-26-28-48-29-27-46)19-7-8-36(43)33(35)14-15-38(41)42/h5-6,9,12,16,23,31,33,35-38,45H,7-8,10-11,13-15,17-22,24-30H2,1-4H3. The SMILES string of the molecule is CC1(C)C(C2=CCC(COc3ccccn3)CC2)=CCC2(C)C1CCC1(C)C3CCC4(NCCN5CCSCC5)CCCC4C3CCC12. The maximum absolute atomic E-state index is 6.06. The van der Waals surface area contributed by atoms with Crippen molar-refractivity contribution in [3.05, 3.63) is 47.7 Å². The minimum Gasteiger partial charge on any atom is -0.477 e. The average molecular weight is 672 g/mol. The Morgan fingerprint density at radius 2 is 1.77 bits per heavy atom. The number of rotatable bonds is 8. The lowest BCUT2D eigenvalue weighted by Gasteiger charge is -2.68. The van der Waals surface area contributed by atoms with Gasteiger partial charge in [0.15, 0.2) is 0 Å². The number of allylic oxidation sites excluding steroid dienone is 4. The molecule has 5 heteroatoms. The summed E-state index contributed by atoms with van der Waals surface area (Å²) in [4.78, 5) is 7.08. The van der Waals surface area contributed by atoms with Gasteiger partial charge in [0.25, 0.3) is 0 Å². The van der Waals surface area contributed by atoms with Crippen molar-refractivity contribution in [2.75, 3.05) is 44.3 Å². The van der Waals surface area contributed by atoms with Gasteiger partial charge in [-0.05, 0) is 146 Å². The molecule has 6 aliphatic carbocycles. The van der Waals surface area contributed by atoms with Gasteiger partial charge in [0.2, 0.25) is 5.88 Å². The van der Waals surface area contributed by atoms with Crippen LogP contribution in [0.5, 0.6) is 5.88 Å². The first kappa shape index (κ1) is 33.8. The molecular formula is C43H65N3OS. The molecule has 9 atom stereocenters. The second kappa shape index (κ2) is 13.4. The van der Waals surface area contributed by atoms with Crippen LogP contribution in [0.15, 0.2) is 47.7 Å². The molecule has 0 amide bonds. The fourth-order valence-electron chi connectivity index (χ4n) is 13.9. The Balaban J connectivity index is 0.946. The first-order valence-electron chi connectivity index (χ1n) is 20.2. The Labute approximate surface area is 297 Å². The first-order valence-corrected chi connectivity index (χ1v) is 21.4. The van der Waals surface area contributed by atoms with E-state index >= 15 is 0 Å². The van der Waals surface area contributed by atoms with Gasteiger partial charge in [-0.2, -0.15) is 11.8 Å². The Kier molecular flexibility index (Phi) is 9.41. The summed E-state index contributed by atoms with van der Waals surface area (Å²) in [5.41, 5.74) is 4.99. The summed E-state index contributed by atoms with van der Waals surface area (Å²) in [5.74, 6) is 8.47. The van der Waals surface area contributed by atoms with E-state index < -0.39 is 0 Å². The van der Waals surface area contributed by atoms with E-state index in [-0.39, 0.29) is 5.41 Å². The summed E-state index contributed by atoms with van der Waals surface area (Å²) in [6, 6.07) is 5.94. The Hall–Kier alpha value is -1.30. The van der Waals surface area contributed by atoms with Crippen LogP contribution >= 0.6 is 11.8 Å². The van der Waals surface area contributed by atoms with Crippen LogP contribution < -0.4 is 10.1 Å². The number of pyridine rings is 1. The highest BCUT2D eigenvalue weighted by Crippen LogP contribution is 2.72. The normalized spacial score (nSPS) is 42.4. The minimum absolute atomic E-state index is 0.248. The maximum atomic E-state index is 6.06. The third-order valence-corrected chi connectivity index (χ3v) is 17.0. The zero-order valence-electron chi connectivity index (χ0n) is 30.8. The summed E-state index contributed by atoms with van der Waals surface area (Å²) >= 11 is 2.14. The van der Waals surface area contributed by atoms with Crippen LogP contribution in [0.2, 0.25) is 0 Å². The van der Waals surface area contributed by atoms with Gasteiger partial charge in [0.05, 0.1) is 6.61 Å². The van der Waals surface area contributed by atoms with E-state index in [1.165, 1.54) is 115 Å². The summed E-state index contributed by atoms with van der Waals surface area (Å²) in [7, 11) is 0. The van der Waals surface area contributed by atoms with Crippen LogP contribution in [0.25, 0.3) is 0 Å². The van der Waals surface area contributed by atoms with Crippen molar-refractivity contribution >= 4 is 11.8 Å². The van der Waals surface area contributed by atoms with Gasteiger partial charge in [0.1, 0.15) is 0 Å². The monoisotopic (exact) mass is 671 g/mol. The van der Waals surface area contributed by atoms with Crippen molar-refractivity contribution in [3.8, 4) is 5.88 Å². The molecule has 5 fully saturated rings. The highest BCUT2D eigenvalue weighted by molar-refractivity contribution is 7.99. The molecule has 0 bridgehead atoms. The molecule has 1 aliphatic heterocycles. The van der Waals surface area contributed by atoms with Crippen LogP contribution in [0.3, 0.4) is 0 Å². The number of hydrogen-bond acceptors (Lipinski definition) is 5. The lowest BCUT2D eigenvalue weighted by molar-refractivity contribution is -0.175. The molecule has 0 aromatic carbocycles. The molecule has 8 rings (SSSR count). The molecule has 7 aliphatic rings. The van der Waals surface area contributed by atoms with E-state index in [9.17, 15) is 0 Å². The average Bonchev–Trinajstić information content (AvgIpc) is 3.53. The number of ether oxygens (including phenoxy) is 1. The molecule has 9 unspecified atom stereocenters. The Morgan fingerprint density at radius 3 is 2.56 bits per heavy atom. The van der Waals surface area contributed by atoms with Crippen molar-refractivity contribution in [3.63, 3.8) is 0 Å². The van der Waals surface area contributed by atoms with E-state index in [1.54, 1.807) is 11.1 Å². The zero-order valence-corrected chi connectivity index (χ0v) is 31.6. The number of hydrogen-bond donors (Lipinski definition) is 1. The summed E-state index contributed by atoms with van der Waals surface area (Å²) in [5, 5.41) is 4.31. The van der Waals surface area contributed by atoms with Gasteiger partial charge in [-0.3, -0.25) is 0 Å². The van der Waals surface area contributed by atoms with Crippen LogP contribution in [0.4, 0.5) is 0 Å². The fourth-order valence-corrected chi connectivity index (χ4v) is 14.9. The molecule has 1 aromatic heterocycles. The smallest absolute Gasteiger partial charge is 0.213 e. The highest BCUT2D eigenvalue weighted by atomic mass is 32.2. The summed E-state index contributed by atoms with van der Waals surface area (Å²) in [6.07, 6.45) is 25.2. The lowest BCUT2D eigenvalue weighted by Crippen LogP contribution is -2.64. The van der Waals surface area contributed by atoms with Crippen LogP contribution in [-0.4, -0.2) is 59.7 Å². The van der Waals surface area contributed by atoms with Gasteiger partial charge < -0.3 is 15.0 Å². The molecule has 48 heavy (non-hydrogen) atoms. The van der Waals surface area contributed by atoms with Crippen LogP contribution in [-0.2, 0) is 0 Å². The molecule has 264 valence electrons.